The predicted molar refractivity (Wildman–Crippen MR) is 72.5 cm³/mol. The second-order valence-corrected chi connectivity index (χ2v) is 5.29. The van der Waals surface area contributed by atoms with E-state index in [0.29, 0.717) is 18.2 Å². The van der Waals surface area contributed by atoms with Crippen LogP contribution in [-0.2, 0) is 11.3 Å². The Balaban J connectivity index is 1.78. The molecule has 0 aromatic carbocycles. The van der Waals surface area contributed by atoms with Gasteiger partial charge in [-0.15, -0.1) is 0 Å². The molecule has 0 aliphatic heterocycles. The van der Waals surface area contributed by atoms with Gasteiger partial charge in [-0.25, -0.2) is 0 Å². The number of methoxy groups -OCH3 is 1. The fraction of sp³-hybridized carbons (Fsp3) is 0.786. The van der Waals surface area contributed by atoms with Gasteiger partial charge in [-0.1, -0.05) is 6.92 Å². The molecule has 1 aromatic heterocycles. The van der Waals surface area contributed by atoms with Gasteiger partial charge >= 0.3 is 0 Å². The van der Waals surface area contributed by atoms with Gasteiger partial charge in [0.15, 0.2) is 0 Å². The Kier molecular flexibility index (Phi) is 4.78. The molecule has 2 rings (SSSR count). The van der Waals surface area contributed by atoms with Crippen LogP contribution in [0.5, 0.6) is 0 Å². The van der Waals surface area contributed by atoms with E-state index in [2.05, 4.69) is 41.2 Å². The molecule has 0 saturated heterocycles. The van der Waals surface area contributed by atoms with Crippen molar-refractivity contribution in [2.45, 2.75) is 64.3 Å². The lowest BCUT2D eigenvalue weighted by atomic mass is 10.2. The first-order valence-electron chi connectivity index (χ1n) is 7.03. The minimum atomic E-state index is 0.445. The maximum atomic E-state index is 5.38. The number of aromatic nitrogens is 2. The van der Waals surface area contributed by atoms with Gasteiger partial charge in [-0.2, -0.15) is 5.10 Å². The largest absolute Gasteiger partial charge is 0.381 e. The maximum absolute atomic E-state index is 5.38. The summed E-state index contributed by atoms with van der Waals surface area (Å²) in [5, 5.41) is 8.18. The molecule has 1 fully saturated rings. The first-order chi connectivity index (χ1) is 8.72. The van der Waals surface area contributed by atoms with Gasteiger partial charge in [0.05, 0.1) is 11.8 Å². The van der Waals surface area contributed by atoms with Crippen LogP contribution in [-0.4, -0.2) is 29.0 Å². The molecule has 1 N–H and O–H groups in total. The zero-order chi connectivity index (χ0) is 13.0. The van der Waals surface area contributed by atoms with Crippen molar-refractivity contribution in [3.8, 4) is 0 Å². The zero-order valence-electron chi connectivity index (χ0n) is 11.7. The summed E-state index contributed by atoms with van der Waals surface area (Å²) in [5.74, 6) is 0. The summed E-state index contributed by atoms with van der Waals surface area (Å²) < 4.78 is 7.44. The molecule has 3 atom stereocenters. The quantitative estimate of drug-likeness (QED) is 0.844. The summed E-state index contributed by atoms with van der Waals surface area (Å²) >= 11 is 0. The molecular formula is C14H25N3O. The molecule has 0 radical (unpaired) electrons. The average Bonchev–Trinajstić information content (AvgIpc) is 3.04. The lowest BCUT2D eigenvalue weighted by molar-refractivity contribution is 0.107. The molecule has 4 nitrogen and oxygen atoms in total. The molecule has 1 aromatic rings. The van der Waals surface area contributed by atoms with Crippen LogP contribution in [0.25, 0.3) is 0 Å². The van der Waals surface area contributed by atoms with Crippen molar-refractivity contribution < 1.29 is 4.74 Å². The molecule has 1 saturated carbocycles. The molecular weight excluding hydrogens is 226 g/mol. The minimum Gasteiger partial charge on any atom is -0.381 e. The van der Waals surface area contributed by atoms with Gasteiger partial charge < -0.3 is 10.1 Å². The van der Waals surface area contributed by atoms with Crippen molar-refractivity contribution in [3.63, 3.8) is 0 Å². The SMILES string of the molecule is CCC(C)n1ccc(CNC2CCC(OC)C2)n1. The molecule has 102 valence electrons. The van der Waals surface area contributed by atoms with E-state index in [4.69, 9.17) is 4.74 Å². The fourth-order valence-electron chi connectivity index (χ4n) is 2.49. The highest BCUT2D eigenvalue weighted by Crippen LogP contribution is 2.21. The van der Waals surface area contributed by atoms with E-state index >= 15 is 0 Å². The molecule has 3 unspecified atom stereocenters. The van der Waals surface area contributed by atoms with Crippen LogP contribution in [0, 0.1) is 0 Å². The van der Waals surface area contributed by atoms with E-state index in [1.54, 1.807) is 7.11 Å². The summed E-state index contributed by atoms with van der Waals surface area (Å²) in [6.45, 7) is 5.25. The van der Waals surface area contributed by atoms with Crippen LogP contribution in [0.3, 0.4) is 0 Å². The highest BCUT2D eigenvalue weighted by atomic mass is 16.5. The summed E-state index contributed by atoms with van der Waals surface area (Å²) in [7, 11) is 1.81. The summed E-state index contributed by atoms with van der Waals surface area (Å²) in [6.07, 6.45) is 7.16. The molecule has 18 heavy (non-hydrogen) atoms. The second-order valence-electron chi connectivity index (χ2n) is 5.29. The van der Waals surface area contributed by atoms with Crippen LogP contribution in [0.1, 0.15) is 51.3 Å². The Labute approximate surface area is 110 Å². The smallest absolute Gasteiger partial charge is 0.0762 e. The highest BCUT2D eigenvalue weighted by Gasteiger charge is 2.23. The maximum Gasteiger partial charge on any atom is 0.0762 e. The molecule has 0 spiro atoms. The monoisotopic (exact) mass is 251 g/mol. The minimum absolute atomic E-state index is 0.445. The van der Waals surface area contributed by atoms with Gasteiger partial charge in [-0.05, 0) is 38.7 Å². The van der Waals surface area contributed by atoms with Crippen LogP contribution >= 0.6 is 0 Å². The van der Waals surface area contributed by atoms with E-state index in [0.717, 1.165) is 25.1 Å². The first kappa shape index (κ1) is 13.6. The van der Waals surface area contributed by atoms with Crippen molar-refractivity contribution in [1.29, 1.82) is 0 Å². The second kappa shape index (κ2) is 6.34. The van der Waals surface area contributed by atoms with Crippen LogP contribution < -0.4 is 5.32 Å². The lowest BCUT2D eigenvalue weighted by Crippen LogP contribution is -2.27. The van der Waals surface area contributed by atoms with Gasteiger partial charge in [0.2, 0.25) is 0 Å². The predicted octanol–water partition coefficient (Wildman–Crippen LogP) is 2.51. The molecule has 1 aliphatic rings. The molecule has 0 bridgehead atoms. The van der Waals surface area contributed by atoms with Crippen LogP contribution in [0.4, 0.5) is 0 Å². The molecule has 0 amide bonds. The summed E-state index contributed by atoms with van der Waals surface area (Å²) in [5.41, 5.74) is 1.14. The lowest BCUT2D eigenvalue weighted by Gasteiger charge is -2.12. The van der Waals surface area contributed by atoms with Crippen LogP contribution in [0.15, 0.2) is 12.3 Å². The van der Waals surface area contributed by atoms with E-state index in [9.17, 15) is 0 Å². The normalized spacial score (nSPS) is 25.5. The number of nitrogens with one attached hydrogen (secondary N) is 1. The van der Waals surface area contributed by atoms with Gasteiger partial charge in [-0.3, -0.25) is 4.68 Å². The van der Waals surface area contributed by atoms with Gasteiger partial charge in [0.25, 0.3) is 0 Å². The Morgan fingerprint density at radius 3 is 3.06 bits per heavy atom. The Hall–Kier alpha value is -0.870. The number of hydrogen-bond acceptors (Lipinski definition) is 3. The Bertz CT molecular complexity index is 364. The van der Waals surface area contributed by atoms with Crippen molar-refractivity contribution in [2.75, 3.05) is 7.11 Å². The number of hydrogen-bond donors (Lipinski definition) is 1. The first-order valence-corrected chi connectivity index (χ1v) is 7.03. The number of ether oxygens (including phenoxy) is 1. The van der Waals surface area contributed by atoms with Crippen molar-refractivity contribution in [1.82, 2.24) is 15.1 Å². The fourth-order valence-corrected chi connectivity index (χ4v) is 2.49. The Morgan fingerprint density at radius 2 is 2.39 bits per heavy atom. The van der Waals surface area contributed by atoms with Crippen LogP contribution in [0.2, 0.25) is 0 Å². The topological polar surface area (TPSA) is 39.1 Å². The standard InChI is InChI=1S/C14H25N3O/c1-4-11(2)17-8-7-13(16-17)10-15-12-5-6-14(9-12)18-3/h7-8,11-12,14-15H,4-6,9-10H2,1-3H3. The van der Waals surface area contributed by atoms with E-state index in [-0.39, 0.29) is 0 Å². The van der Waals surface area contributed by atoms with E-state index < -0.39 is 0 Å². The summed E-state index contributed by atoms with van der Waals surface area (Å²) in [6, 6.07) is 3.19. The zero-order valence-corrected chi connectivity index (χ0v) is 11.7. The van der Waals surface area contributed by atoms with Gasteiger partial charge in [0.1, 0.15) is 0 Å². The molecule has 1 aliphatic carbocycles. The third-order valence-corrected chi connectivity index (χ3v) is 4.00. The van der Waals surface area contributed by atoms with E-state index in [1.165, 1.54) is 12.8 Å². The van der Waals surface area contributed by atoms with E-state index in [1.807, 2.05) is 0 Å². The summed E-state index contributed by atoms with van der Waals surface area (Å²) in [4.78, 5) is 0. The third kappa shape index (κ3) is 3.33. The Morgan fingerprint density at radius 1 is 1.56 bits per heavy atom. The van der Waals surface area contributed by atoms with Gasteiger partial charge in [0, 0.05) is 31.9 Å². The van der Waals surface area contributed by atoms with Crippen molar-refractivity contribution >= 4 is 0 Å². The molecule has 4 heteroatoms. The number of nitrogens with zero attached hydrogens (tertiary/aromatic N) is 2. The molecule has 1 heterocycles. The number of rotatable bonds is 6. The third-order valence-electron chi connectivity index (χ3n) is 4.00. The highest BCUT2D eigenvalue weighted by molar-refractivity contribution is 5.00. The average molecular weight is 251 g/mol. The van der Waals surface area contributed by atoms with Crippen molar-refractivity contribution in [3.05, 3.63) is 18.0 Å². The van der Waals surface area contributed by atoms with Crippen molar-refractivity contribution in [2.24, 2.45) is 0 Å².